The van der Waals surface area contributed by atoms with E-state index in [-0.39, 0.29) is 0 Å². The van der Waals surface area contributed by atoms with Crippen LogP contribution in [0.5, 0.6) is 0 Å². The SMILES string of the molecule is CCc1c(Br)cc2cn(C)nc2c1C. The van der Waals surface area contributed by atoms with Gasteiger partial charge in [0.25, 0.3) is 0 Å². The minimum Gasteiger partial charge on any atom is -0.275 e. The maximum atomic E-state index is 4.46. The Bertz CT molecular complexity index is 485. The fourth-order valence-corrected chi connectivity index (χ4v) is 2.71. The molecule has 1 aromatic heterocycles. The van der Waals surface area contributed by atoms with E-state index in [2.05, 4.69) is 40.9 Å². The van der Waals surface area contributed by atoms with Gasteiger partial charge in [-0.15, -0.1) is 0 Å². The van der Waals surface area contributed by atoms with Crippen molar-refractivity contribution in [2.45, 2.75) is 20.3 Å². The van der Waals surface area contributed by atoms with E-state index in [4.69, 9.17) is 0 Å². The molecule has 0 saturated heterocycles. The van der Waals surface area contributed by atoms with Crippen LogP contribution in [0.1, 0.15) is 18.1 Å². The molecule has 0 aliphatic carbocycles. The maximum Gasteiger partial charge on any atom is 0.0955 e. The molecule has 1 heterocycles. The number of hydrogen-bond donors (Lipinski definition) is 0. The molecule has 14 heavy (non-hydrogen) atoms. The van der Waals surface area contributed by atoms with Gasteiger partial charge in [0.15, 0.2) is 0 Å². The van der Waals surface area contributed by atoms with E-state index < -0.39 is 0 Å². The number of nitrogens with zero attached hydrogens (tertiary/aromatic N) is 2. The molecule has 3 heteroatoms. The second kappa shape index (κ2) is 3.39. The Hall–Kier alpha value is -0.830. The molecular weight excluding hydrogens is 240 g/mol. The molecule has 0 bridgehead atoms. The van der Waals surface area contributed by atoms with Gasteiger partial charge in [-0.05, 0) is 30.5 Å². The quantitative estimate of drug-likeness (QED) is 0.763. The summed E-state index contributed by atoms with van der Waals surface area (Å²) >= 11 is 3.60. The first kappa shape index (κ1) is 9.71. The molecule has 0 N–H and O–H groups in total. The van der Waals surface area contributed by atoms with Gasteiger partial charge in [0, 0.05) is 23.1 Å². The van der Waals surface area contributed by atoms with E-state index in [1.165, 1.54) is 21.0 Å². The minimum atomic E-state index is 1.04. The maximum absolute atomic E-state index is 4.46. The number of aryl methyl sites for hydroxylation is 2. The van der Waals surface area contributed by atoms with Crippen LogP contribution in [-0.4, -0.2) is 9.78 Å². The van der Waals surface area contributed by atoms with Gasteiger partial charge in [0.1, 0.15) is 0 Å². The lowest BCUT2D eigenvalue weighted by Crippen LogP contribution is -1.91. The van der Waals surface area contributed by atoms with Crippen LogP contribution in [0, 0.1) is 6.92 Å². The van der Waals surface area contributed by atoms with E-state index >= 15 is 0 Å². The standard InChI is InChI=1S/C11H13BrN2/c1-4-9-7(2)11-8(5-10(9)12)6-14(3)13-11/h5-6H,4H2,1-3H3. The number of halogens is 1. The first-order valence-corrected chi connectivity index (χ1v) is 5.54. The first-order chi connectivity index (χ1) is 6.63. The van der Waals surface area contributed by atoms with E-state index in [0.29, 0.717) is 0 Å². The van der Waals surface area contributed by atoms with Gasteiger partial charge in [-0.2, -0.15) is 5.10 Å². The molecule has 0 radical (unpaired) electrons. The van der Waals surface area contributed by atoms with Crippen molar-refractivity contribution < 1.29 is 0 Å². The predicted octanol–water partition coefficient (Wildman–Crippen LogP) is 3.21. The fourth-order valence-electron chi connectivity index (χ4n) is 1.88. The lowest BCUT2D eigenvalue weighted by Gasteiger charge is -2.05. The molecule has 0 fully saturated rings. The highest BCUT2D eigenvalue weighted by Gasteiger charge is 2.09. The summed E-state index contributed by atoms with van der Waals surface area (Å²) in [7, 11) is 1.96. The van der Waals surface area contributed by atoms with E-state index in [0.717, 1.165) is 11.9 Å². The van der Waals surface area contributed by atoms with Crippen LogP contribution < -0.4 is 0 Å². The van der Waals surface area contributed by atoms with Crippen LogP contribution in [0.2, 0.25) is 0 Å². The summed E-state index contributed by atoms with van der Waals surface area (Å²) in [5.41, 5.74) is 3.77. The van der Waals surface area contributed by atoms with E-state index in [1.54, 1.807) is 0 Å². The average molecular weight is 253 g/mol. The van der Waals surface area contributed by atoms with Crippen LogP contribution >= 0.6 is 15.9 Å². The molecule has 2 rings (SSSR count). The zero-order chi connectivity index (χ0) is 10.3. The Labute approximate surface area is 92.0 Å². The summed E-state index contributed by atoms with van der Waals surface area (Å²) in [4.78, 5) is 0. The van der Waals surface area contributed by atoms with Crippen LogP contribution in [-0.2, 0) is 13.5 Å². The molecular formula is C11H13BrN2. The Balaban J connectivity index is 2.84. The summed E-state index contributed by atoms with van der Waals surface area (Å²) in [5, 5.41) is 5.66. The third-order valence-corrected chi connectivity index (χ3v) is 3.30. The van der Waals surface area contributed by atoms with Crippen molar-refractivity contribution in [3.63, 3.8) is 0 Å². The summed E-state index contributed by atoms with van der Waals surface area (Å²) in [6, 6.07) is 2.15. The summed E-state index contributed by atoms with van der Waals surface area (Å²) < 4.78 is 3.06. The smallest absolute Gasteiger partial charge is 0.0955 e. The number of benzene rings is 1. The zero-order valence-corrected chi connectivity index (χ0v) is 10.2. The van der Waals surface area contributed by atoms with Gasteiger partial charge in [0.2, 0.25) is 0 Å². The van der Waals surface area contributed by atoms with Gasteiger partial charge in [0.05, 0.1) is 5.52 Å². The highest BCUT2D eigenvalue weighted by atomic mass is 79.9. The Morgan fingerprint density at radius 1 is 1.50 bits per heavy atom. The summed E-state index contributed by atoms with van der Waals surface area (Å²) in [6.45, 7) is 4.31. The zero-order valence-electron chi connectivity index (χ0n) is 8.63. The van der Waals surface area contributed by atoms with Crippen molar-refractivity contribution in [3.8, 4) is 0 Å². The van der Waals surface area contributed by atoms with Gasteiger partial charge in [-0.1, -0.05) is 22.9 Å². The predicted molar refractivity (Wildman–Crippen MR) is 62.5 cm³/mol. The number of fused-ring (bicyclic) bond motifs is 1. The molecule has 2 nitrogen and oxygen atoms in total. The van der Waals surface area contributed by atoms with Gasteiger partial charge in [-0.25, -0.2) is 0 Å². The molecule has 0 spiro atoms. The van der Waals surface area contributed by atoms with Crippen LogP contribution in [0.3, 0.4) is 0 Å². The lowest BCUT2D eigenvalue weighted by atomic mass is 10.0. The highest BCUT2D eigenvalue weighted by molar-refractivity contribution is 9.10. The van der Waals surface area contributed by atoms with Crippen LogP contribution in [0.25, 0.3) is 10.9 Å². The molecule has 1 aromatic carbocycles. The first-order valence-electron chi connectivity index (χ1n) is 4.74. The third kappa shape index (κ3) is 1.36. The largest absolute Gasteiger partial charge is 0.275 e. The van der Waals surface area contributed by atoms with Crippen molar-refractivity contribution in [1.82, 2.24) is 9.78 Å². The van der Waals surface area contributed by atoms with Gasteiger partial charge in [-0.3, -0.25) is 4.68 Å². The summed E-state index contributed by atoms with van der Waals surface area (Å²) in [6.07, 6.45) is 3.09. The molecule has 0 atom stereocenters. The molecule has 74 valence electrons. The number of aromatic nitrogens is 2. The topological polar surface area (TPSA) is 17.8 Å². The monoisotopic (exact) mass is 252 g/mol. The molecule has 0 amide bonds. The van der Waals surface area contributed by atoms with Crippen molar-refractivity contribution in [3.05, 3.63) is 27.9 Å². The molecule has 0 aliphatic rings. The van der Waals surface area contributed by atoms with Crippen LogP contribution in [0.4, 0.5) is 0 Å². The highest BCUT2D eigenvalue weighted by Crippen LogP contribution is 2.28. The Kier molecular flexibility index (Phi) is 2.35. The van der Waals surface area contributed by atoms with Gasteiger partial charge < -0.3 is 0 Å². The molecule has 0 unspecified atom stereocenters. The van der Waals surface area contributed by atoms with E-state index in [1.807, 2.05) is 17.9 Å². The lowest BCUT2D eigenvalue weighted by molar-refractivity contribution is 0.778. The average Bonchev–Trinajstić information content (AvgIpc) is 2.47. The molecule has 0 saturated carbocycles. The minimum absolute atomic E-state index is 1.04. The van der Waals surface area contributed by atoms with E-state index in [9.17, 15) is 0 Å². The Morgan fingerprint density at radius 3 is 2.86 bits per heavy atom. The van der Waals surface area contributed by atoms with Crippen molar-refractivity contribution in [1.29, 1.82) is 0 Å². The number of hydrogen-bond acceptors (Lipinski definition) is 1. The van der Waals surface area contributed by atoms with Crippen LogP contribution in [0.15, 0.2) is 16.7 Å². The second-order valence-electron chi connectivity index (χ2n) is 3.56. The molecule has 2 aromatic rings. The van der Waals surface area contributed by atoms with Crippen molar-refractivity contribution >= 4 is 26.8 Å². The third-order valence-electron chi connectivity index (χ3n) is 2.59. The normalized spacial score (nSPS) is 11.1. The number of rotatable bonds is 1. The van der Waals surface area contributed by atoms with Crippen molar-refractivity contribution in [2.24, 2.45) is 7.05 Å². The van der Waals surface area contributed by atoms with Crippen molar-refractivity contribution in [2.75, 3.05) is 0 Å². The van der Waals surface area contributed by atoms with Gasteiger partial charge >= 0.3 is 0 Å². The fraction of sp³-hybridized carbons (Fsp3) is 0.364. The summed E-state index contributed by atoms with van der Waals surface area (Å²) in [5.74, 6) is 0. The second-order valence-corrected chi connectivity index (χ2v) is 4.41. The molecule has 0 aliphatic heterocycles. The Morgan fingerprint density at radius 2 is 2.21 bits per heavy atom.